The molecule has 4 N–H and O–H groups in total. The second kappa shape index (κ2) is 15.0. The van der Waals surface area contributed by atoms with E-state index in [-0.39, 0.29) is 23.1 Å². The van der Waals surface area contributed by atoms with Gasteiger partial charge in [0.05, 0.1) is 0 Å². The fraction of sp³-hybridized carbons (Fsp3) is 0.600. The second-order valence-corrected chi connectivity index (χ2v) is 3.70. The average Bonchev–Trinajstić information content (AvgIpc) is 1.99. The van der Waals surface area contributed by atoms with Gasteiger partial charge in [0.25, 0.3) is 0 Å². The van der Waals surface area contributed by atoms with Gasteiger partial charge in [-0.25, -0.2) is 0 Å². The molecule has 0 amide bonds. The van der Waals surface area contributed by atoms with Gasteiger partial charge in [-0.15, -0.1) is 0 Å². The van der Waals surface area contributed by atoms with Crippen molar-refractivity contribution in [3.05, 3.63) is 0 Å². The van der Waals surface area contributed by atoms with Crippen LogP contribution in [0.1, 0.15) is 40.5 Å². The molecule has 6 nitrogen and oxygen atoms in total. The Balaban J connectivity index is -0.000000188. The van der Waals surface area contributed by atoms with Crippen molar-refractivity contribution < 1.29 is 44.5 Å². The molecule has 0 aromatic heterocycles. The van der Waals surface area contributed by atoms with E-state index in [1.165, 1.54) is 0 Å². The molecule has 0 saturated carbocycles. The van der Waals surface area contributed by atoms with Crippen LogP contribution in [0.25, 0.3) is 0 Å². The molecule has 0 aliphatic carbocycles. The number of hydrogen-bond donors (Lipinski definition) is 0. The second-order valence-electron chi connectivity index (χ2n) is 3.36. The van der Waals surface area contributed by atoms with Crippen molar-refractivity contribution in [3.63, 3.8) is 0 Å². The van der Waals surface area contributed by atoms with Crippen molar-refractivity contribution in [2.24, 2.45) is 0 Å². The van der Waals surface area contributed by atoms with Crippen molar-refractivity contribution in [2.75, 3.05) is 0 Å². The number of ketones is 4. The minimum atomic E-state index is -2.03. The number of hydrogen-bond acceptors (Lipinski definition) is 2. The van der Waals surface area contributed by atoms with Gasteiger partial charge in [-0.2, -0.15) is 0 Å². The van der Waals surface area contributed by atoms with Crippen LogP contribution in [-0.4, -0.2) is 42.3 Å². The number of carbonyl (C=O) groups excluding carboxylic acids is 4. The molecule has 0 radical (unpaired) electrons. The van der Waals surface area contributed by atoms with Crippen molar-refractivity contribution >= 4 is 23.1 Å². The quantitative estimate of drug-likeness (QED) is 0.429. The van der Waals surface area contributed by atoms with Crippen LogP contribution >= 0.6 is 0 Å². The predicted octanol–water partition coefficient (Wildman–Crippen LogP) is 0.772. The van der Waals surface area contributed by atoms with Gasteiger partial charge in [-0.1, -0.05) is 0 Å². The molecule has 0 heterocycles. The monoisotopic (exact) mass is 334 g/mol. The molecule has 0 fully saturated rings. The van der Waals surface area contributed by atoms with Gasteiger partial charge in [0.2, 0.25) is 0 Å². The van der Waals surface area contributed by atoms with E-state index >= 15 is 0 Å². The third-order valence-electron chi connectivity index (χ3n) is 1.02. The topological polar surface area (TPSA) is 120 Å². The summed E-state index contributed by atoms with van der Waals surface area (Å²) in [5, 5.41) is 0. The van der Waals surface area contributed by atoms with Crippen molar-refractivity contribution in [1.29, 1.82) is 0 Å². The Morgan fingerprint density at radius 1 is 0.706 bits per heavy atom. The first-order chi connectivity index (χ1) is 7.67. The summed E-state index contributed by atoms with van der Waals surface area (Å²) < 4.78 is 17.0. The zero-order valence-electron chi connectivity index (χ0n) is 10.4. The molecule has 0 aromatic rings. The zero-order valence-corrected chi connectivity index (χ0v) is 12.4. The van der Waals surface area contributed by atoms with Gasteiger partial charge in [0.1, 0.15) is 0 Å². The van der Waals surface area contributed by atoms with Crippen molar-refractivity contribution in [1.82, 2.24) is 0 Å². The Labute approximate surface area is 108 Å². The third-order valence-corrected chi connectivity index (χ3v) is 1.02. The van der Waals surface area contributed by atoms with E-state index in [2.05, 4.69) is 0 Å². The van der Waals surface area contributed by atoms with E-state index in [1.54, 1.807) is 27.7 Å². The molecule has 0 bridgehead atoms. The van der Waals surface area contributed by atoms with Crippen LogP contribution in [0.4, 0.5) is 0 Å². The molecular formula is C10H20MoO6+4. The number of rotatable bonds is 4. The standard InChI is InChI=1S/2C5H8O2.Mo.2O/c2*1-4(6)3-5(2)7;;;/h2*3H2,1-2H3;;;/p+4. The summed E-state index contributed by atoms with van der Waals surface area (Å²) in [7, 11) is 0. The van der Waals surface area contributed by atoms with E-state index in [0.29, 0.717) is 12.8 Å². The summed E-state index contributed by atoms with van der Waals surface area (Å²) in [6.45, 7) is 6.22. The zero-order chi connectivity index (χ0) is 14.4. The third kappa shape index (κ3) is 51.8. The van der Waals surface area contributed by atoms with Gasteiger partial charge in [0, 0.05) is 27.7 Å². The Morgan fingerprint density at radius 3 is 0.824 bits per heavy atom. The van der Waals surface area contributed by atoms with Crippen LogP contribution in [0.15, 0.2) is 0 Å². The molecule has 7 heteroatoms. The van der Waals surface area contributed by atoms with Crippen LogP contribution in [-0.2, 0) is 25.3 Å². The fourth-order valence-electron chi connectivity index (χ4n) is 0.740. The van der Waals surface area contributed by atoms with E-state index in [1.807, 2.05) is 0 Å². The summed E-state index contributed by atoms with van der Waals surface area (Å²) in [5.41, 5.74) is 0. The summed E-state index contributed by atoms with van der Waals surface area (Å²) >= 11 is -2.03. The molecule has 0 rings (SSSR count). The van der Waals surface area contributed by atoms with Crippen molar-refractivity contribution in [2.45, 2.75) is 40.5 Å². The maximum absolute atomic E-state index is 8.50. The van der Waals surface area contributed by atoms with Gasteiger partial charge < -0.3 is 0 Å². The van der Waals surface area contributed by atoms with E-state index < -0.39 is 18.5 Å². The summed E-state index contributed by atoms with van der Waals surface area (Å²) in [6, 6.07) is 0. The van der Waals surface area contributed by atoms with Crippen LogP contribution < -0.4 is 0 Å². The Hall–Kier alpha value is -1.03. The van der Waals surface area contributed by atoms with Gasteiger partial charge in [-0.3, -0.25) is 19.2 Å². The Morgan fingerprint density at radius 2 is 0.824 bits per heavy atom. The van der Waals surface area contributed by atoms with Gasteiger partial charge in [0.15, 0.2) is 12.8 Å². The van der Waals surface area contributed by atoms with E-state index in [9.17, 15) is 0 Å². The molecule has 0 unspecified atom stereocenters. The first-order valence-corrected chi connectivity index (χ1v) is 6.28. The summed E-state index contributed by atoms with van der Waals surface area (Å²) in [5.74, 6) is 1.00. The van der Waals surface area contributed by atoms with Crippen LogP contribution in [0, 0.1) is 0 Å². The van der Waals surface area contributed by atoms with Gasteiger partial charge >= 0.3 is 48.4 Å². The van der Waals surface area contributed by atoms with Gasteiger partial charge in [-0.05, 0) is 0 Å². The van der Waals surface area contributed by atoms with Crippen molar-refractivity contribution in [3.8, 4) is 0 Å². The molecule has 17 heavy (non-hydrogen) atoms. The molecule has 0 atom stereocenters. The minimum absolute atomic E-state index is 0.250. The summed E-state index contributed by atoms with van der Waals surface area (Å²) in [6.07, 6.45) is 0.611. The summed E-state index contributed by atoms with van der Waals surface area (Å²) in [4.78, 5) is 33.8. The first kappa shape index (κ1) is 21.3. The van der Waals surface area contributed by atoms with E-state index in [0.717, 1.165) is 0 Å². The normalized spacial score (nSPS) is 7.53. The average molecular weight is 332 g/mol. The molecule has 0 aliphatic heterocycles. The van der Waals surface area contributed by atoms with E-state index in [4.69, 9.17) is 26.0 Å². The Bertz CT molecular complexity index is 265. The van der Waals surface area contributed by atoms with Crippen LogP contribution in [0.3, 0.4) is 0 Å². The molecule has 0 saturated heterocycles. The van der Waals surface area contributed by atoms with Crippen LogP contribution in [0.2, 0.25) is 0 Å². The molecule has 0 aromatic carbocycles. The SMILES string of the molecule is CC(=[OH+])CC(C)=[OH+].CC(=[OH+])CC(C)=[OH+].[O]=[Mo]=[O]. The molecule has 98 valence electrons. The molecule has 0 spiro atoms. The molecule has 0 aliphatic rings. The maximum atomic E-state index is 8.50. The fourth-order valence-corrected chi connectivity index (χ4v) is 0.740. The predicted molar refractivity (Wildman–Crippen MR) is 61.1 cm³/mol. The molecular weight excluding hydrogens is 312 g/mol. The first-order valence-electron chi connectivity index (χ1n) is 4.64. The van der Waals surface area contributed by atoms with Crippen LogP contribution in [0.5, 0.6) is 0 Å². The Kier molecular flexibility index (Phi) is 18.7.